The minimum Gasteiger partial charge on any atom is -0.358 e. The number of amides is 1. The van der Waals surface area contributed by atoms with E-state index in [4.69, 9.17) is 23.2 Å². The van der Waals surface area contributed by atoms with Crippen LogP contribution in [0, 0.1) is 13.8 Å². The van der Waals surface area contributed by atoms with Crippen LogP contribution in [0.2, 0.25) is 10.0 Å². The van der Waals surface area contributed by atoms with Gasteiger partial charge in [0, 0.05) is 28.9 Å². The Balaban J connectivity index is 0.00000240. The van der Waals surface area contributed by atoms with Crippen LogP contribution >= 0.6 is 35.6 Å². The lowest BCUT2D eigenvalue weighted by molar-refractivity contribution is -0.115. The molecule has 156 valence electrons. The monoisotopic (exact) mass is 453 g/mol. The predicted molar refractivity (Wildman–Crippen MR) is 124 cm³/mol. The van der Waals surface area contributed by atoms with Gasteiger partial charge in [0.2, 0.25) is 5.91 Å². The van der Waals surface area contributed by atoms with Crippen molar-refractivity contribution in [3.05, 3.63) is 57.1 Å². The molecule has 2 unspecified atom stereocenters. The van der Waals surface area contributed by atoms with Crippen LogP contribution in [-0.2, 0) is 4.79 Å². The maximum Gasteiger partial charge on any atom is 0.243 e. The standard InChI is InChI=1S/C22H25Cl2N3O.ClH/c1-13-4-3-5-17(14(13)2)26-20(28)12-27-18-9-11-25-10-8-15(18)21-19(27)7-6-16(23)22(21)24;/h3-7,15,18,25H,8-12H2,1-2H3,(H,26,28);1H. The van der Waals surface area contributed by atoms with Gasteiger partial charge < -0.3 is 15.5 Å². The third kappa shape index (κ3) is 4.22. The summed E-state index contributed by atoms with van der Waals surface area (Å²) in [4.78, 5) is 15.1. The van der Waals surface area contributed by atoms with Gasteiger partial charge in [-0.25, -0.2) is 0 Å². The van der Waals surface area contributed by atoms with Crippen LogP contribution in [0.5, 0.6) is 0 Å². The molecule has 1 saturated heterocycles. The number of hydrogen-bond acceptors (Lipinski definition) is 3. The first-order valence-electron chi connectivity index (χ1n) is 9.78. The Hall–Kier alpha value is -1.46. The zero-order chi connectivity index (χ0) is 19.8. The van der Waals surface area contributed by atoms with Crippen molar-refractivity contribution >= 4 is 52.9 Å². The molecule has 2 heterocycles. The summed E-state index contributed by atoms with van der Waals surface area (Å²) >= 11 is 12.9. The molecule has 2 aromatic rings. The van der Waals surface area contributed by atoms with Gasteiger partial charge in [0.05, 0.1) is 16.6 Å². The lowest BCUT2D eigenvalue weighted by Gasteiger charge is -2.29. The van der Waals surface area contributed by atoms with Gasteiger partial charge in [-0.05, 0) is 69.1 Å². The molecule has 1 amide bonds. The van der Waals surface area contributed by atoms with Gasteiger partial charge in [-0.1, -0.05) is 35.3 Å². The Morgan fingerprint density at radius 1 is 1.17 bits per heavy atom. The smallest absolute Gasteiger partial charge is 0.243 e. The van der Waals surface area contributed by atoms with E-state index in [0.717, 1.165) is 48.4 Å². The second-order valence-corrected chi connectivity index (χ2v) is 8.50. The van der Waals surface area contributed by atoms with Gasteiger partial charge in [0.25, 0.3) is 0 Å². The van der Waals surface area contributed by atoms with E-state index in [1.54, 1.807) is 0 Å². The van der Waals surface area contributed by atoms with Crippen molar-refractivity contribution in [2.45, 2.75) is 38.6 Å². The lowest BCUT2D eigenvalue weighted by Crippen LogP contribution is -2.40. The first-order valence-corrected chi connectivity index (χ1v) is 10.5. The molecule has 2 aliphatic heterocycles. The van der Waals surface area contributed by atoms with Gasteiger partial charge in [-0.15, -0.1) is 12.4 Å². The summed E-state index contributed by atoms with van der Waals surface area (Å²) in [6.07, 6.45) is 1.97. The number of carbonyl (C=O) groups is 1. The first kappa shape index (κ1) is 22.2. The molecule has 2 aromatic carbocycles. The fourth-order valence-corrected chi connectivity index (χ4v) is 4.97. The summed E-state index contributed by atoms with van der Waals surface area (Å²) in [5.74, 6) is 0.285. The van der Waals surface area contributed by atoms with Crippen molar-refractivity contribution in [1.82, 2.24) is 5.32 Å². The van der Waals surface area contributed by atoms with Gasteiger partial charge in [0.15, 0.2) is 0 Å². The normalized spacial score (nSPS) is 20.3. The maximum atomic E-state index is 12.9. The van der Waals surface area contributed by atoms with Crippen molar-refractivity contribution in [3.8, 4) is 0 Å². The van der Waals surface area contributed by atoms with Crippen molar-refractivity contribution in [2.75, 3.05) is 29.9 Å². The van der Waals surface area contributed by atoms with E-state index in [1.807, 2.05) is 31.2 Å². The molecule has 4 nitrogen and oxygen atoms in total. The number of fused-ring (bicyclic) bond motifs is 3. The van der Waals surface area contributed by atoms with Gasteiger partial charge in [0.1, 0.15) is 0 Å². The number of halogens is 3. The first-order chi connectivity index (χ1) is 13.5. The Morgan fingerprint density at radius 2 is 1.93 bits per heavy atom. The fraction of sp³-hybridized carbons (Fsp3) is 0.409. The minimum absolute atomic E-state index is 0. The van der Waals surface area contributed by atoms with E-state index >= 15 is 0 Å². The maximum absolute atomic E-state index is 12.9. The highest BCUT2D eigenvalue weighted by Gasteiger charge is 2.41. The number of aryl methyl sites for hydroxylation is 1. The predicted octanol–water partition coefficient (Wildman–Crippen LogP) is 5.33. The number of anilines is 2. The van der Waals surface area contributed by atoms with Crippen LogP contribution in [0.4, 0.5) is 11.4 Å². The van der Waals surface area contributed by atoms with Crippen LogP contribution in [0.15, 0.2) is 30.3 Å². The molecule has 2 aliphatic rings. The van der Waals surface area contributed by atoms with E-state index in [-0.39, 0.29) is 24.4 Å². The highest BCUT2D eigenvalue weighted by molar-refractivity contribution is 6.42. The number of rotatable bonds is 3. The average molecular weight is 455 g/mol. The number of nitrogens with one attached hydrogen (secondary N) is 2. The summed E-state index contributed by atoms with van der Waals surface area (Å²) in [7, 11) is 0. The van der Waals surface area contributed by atoms with E-state index in [2.05, 4.69) is 28.5 Å². The van der Waals surface area contributed by atoms with Crippen LogP contribution in [0.1, 0.15) is 35.4 Å². The summed E-state index contributed by atoms with van der Waals surface area (Å²) in [6.45, 7) is 6.28. The zero-order valence-electron chi connectivity index (χ0n) is 16.6. The third-order valence-corrected chi connectivity index (χ3v) is 6.92. The van der Waals surface area contributed by atoms with E-state index in [1.165, 1.54) is 5.56 Å². The molecule has 0 spiro atoms. The van der Waals surface area contributed by atoms with E-state index in [0.29, 0.717) is 22.5 Å². The molecule has 7 heteroatoms. The quantitative estimate of drug-likeness (QED) is 0.659. The van der Waals surface area contributed by atoms with Crippen LogP contribution in [-0.4, -0.2) is 31.6 Å². The summed E-state index contributed by atoms with van der Waals surface area (Å²) in [5.41, 5.74) is 5.28. The molecule has 0 bridgehead atoms. The van der Waals surface area contributed by atoms with Crippen LogP contribution in [0.3, 0.4) is 0 Å². The third-order valence-electron chi connectivity index (χ3n) is 6.10. The summed E-state index contributed by atoms with van der Waals surface area (Å²) in [5, 5.41) is 7.77. The van der Waals surface area contributed by atoms with Crippen molar-refractivity contribution in [2.24, 2.45) is 0 Å². The second kappa shape index (κ2) is 9.13. The number of carbonyl (C=O) groups excluding carboxylic acids is 1. The minimum atomic E-state index is -0.0106. The molecule has 0 saturated carbocycles. The molecular formula is C22H26Cl3N3O. The SMILES string of the molecule is Cc1cccc(NC(=O)CN2c3ccc(Cl)c(Cl)c3C3CCNCCC32)c1C.Cl. The molecule has 1 fully saturated rings. The number of hydrogen-bond donors (Lipinski definition) is 2. The second-order valence-electron chi connectivity index (χ2n) is 7.72. The van der Waals surface area contributed by atoms with Crippen LogP contribution in [0.25, 0.3) is 0 Å². The molecule has 2 atom stereocenters. The van der Waals surface area contributed by atoms with Gasteiger partial charge in [-0.3, -0.25) is 4.79 Å². The van der Waals surface area contributed by atoms with Gasteiger partial charge >= 0.3 is 0 Å². The Morgan fingerprint density at radius 3 is 2.72 bits per heavy atom. The molecule has 2 N–H and O–H groups in total. The van der Waals surface area contributed by atoms with Crippen molar-refractivity contribution < 1.29 is 4.79 Å². The molecule has 4 rings (SSSR count). The average Bonchev–Trinajstić information content (AvgIpc) is 2.82. The lowest BCUT2D eigenvalue weighted by atomic mass is 9.91. The Bertz CT molecular complexity index is 918. The molecule has 29 heavy (non-hydrogen) atoms. The zero-order valence-corrected chi connectivity index (χ0v) is 18.9. The molecule has 0 aromatic heterocycles. The largest absolute Gasteiger partial charge is 0.358 e. The molecular weight excluding hydrogens is 429 g/mol. The molecule has 0 radical (unpaired) electrons. The highest BCUT2D eigenvalue weighted by atomic mass is 35.5. The van der Waals surface area contributed by atoms with Crippen molar-refractivity contribution in [3.63, 3.8) is 0 Å². The van der Waals surface area contributed by atoms with Crippen LogP contribution < -0.4 is 15.5 Å². The fourth-order valence-electron chi connectivity index (χ4n) is 4.51. The summed E-state index contributed by atoms with van der Waals surface area (Å²) < 4.78 is 0. The topological polar surface area (TPSA) is 44.4 Å². The number of nitrogens with zero attached hydrogens (tertiary/aromatic N) is 1. The summed E-state index contributed by atoms with van der Waals surface area (Å²) in [6, 6.07) is 10.1. The van der Waals surface area contributed by atoms with Crippen molar-refractivity contribution in [1.29, 1.82) is 0 Å². The molecule has 0 aliphatic carbocycles. The van der Waals surface area contributed by atoms with E-state index in [9.17, 15) is 4.79 Å². The van der Waals surface area contributed by atoms with Gasteiger partial charge in [-0.2, -0.15) is 0 Å². The Labute approximate surface area is 188 Å². The number of benzene rings is 2. The van der Waals surface area contributed by atoms with E-state index < -0.39 is 0 Å². The Kier molecular flexibility index (Phi) is 7.00. The highest BCUT2D eigenvalue weighted by Crippen LogP contribution is 2.49.